The maximum absolute atomic E-state index is 15.5. The molecule has 3 heterocycles. The van der Waals surface area contributed by atoms with Crippen molar-refractivity contribution >= 4 is 34.1 Å². The summed E-state index contributed by atoms with van der Waals surface area (Å²) in [6, 6.07) is 16.9. The maximum atomic E-state index is 15.5. The van der Waals surface area contributed by atoms with Gasteiger partial charge in [-0.1, -0.05) is 36.4 Å². The number of rotatable bonds is 11. The average molecular weight is 612 g/mol. The molecule has 1 aromatic heterocycles. The Balaban J connectivity index is 1.18. The minimum absolute atomic E-state index is 0.00544. The zero-order valence-corrected chi connectivity index (χ0v) is 25.7. The molecule has 1 unspecified atom stereocenters. The third-order valence-corrected chi connectivity index (χ3v) is 8.74. The molecule has 0 bridgehead atoms. The summed E-state index contributed by atoms with van der Waals surface area (Å²) in [6.07, 6.45) is 4.75. The van der Waals surface area contributed by atoms with E-state index in [1.807, 2.05) is 36.4 Å². The van der Waals surface area contributed by atoms with Gasteiger partial charge >= 0.3 is 0 Å². The molecule has 0 aliphatic carbocycles. The third-order valence-electron chi connectivity index (χ3n) is 8.74. The molecule has 2 aliphatic heterocycles. The summed E-state index contributed by atoms with van der Waals surface area (Å²) in [7, 11) is 3.72. The van der Waals surface area contributed by atoms with Crippen LogP contribution >= 0.6 is 0 Å². The second-order valence-corrected chi connectivity index (χ2v) is 11.9. The molecular weight excluding hydrogens is 573 g/mol. The molecular formula is C35H38FN5O4. The van der Waals surface area contributed by atoms with Gasteiger partial charge in [-0.05, 0) is 74.6 Å². The molecule has 2 fully saturated rings. The monoisotopic (exact) mass is 611 g/mol. The Morgan fingerprint density at radius 2 is 1.84 bits per heavy atom. The van der Waals surface area contributed by atoms with Crippen LogP contribution in [0, 0.1) is 11.7 Å². The molecule has 1 amide bonds. The van der Waals surface area contributed by atoms with Gasteiger partial charge in [-0.2, -0.15) is 0 Å². The zero-order chi connectivity index (χ0) is 31.3. The summed E-state index contributed by atoms with van der Waals surface area (Å²) in [5.74, 6) is 1.35. The highest BCUT2D eigenvalue weighted by Crippen LogP contribution is 2.36. The number of halogens is 1. The Labute approximate surface area is 262 Å². The third kappa shape index (κ3) is 6.91. The van der Waals surface area contributed by atoms with E-state index in [0.29, 0.717) is 59.3 Å². The predicted octanol–water partition coefficient (Wildman–Crippen LogP) is 5.72. The Hall–Kier alpha value is -4.57. The number of fused-ring (bicyclic) bond motifs is 1. The van der Waals surface area contributed by atoms with Crippen LogP contribution in [0.2, 0.25) is 0 Å². The van der Waals surface area contributed by atoms with Crippen LogP contribution in [-0.2, 0) is 16.0 Å². The molecule has 234 valence electrons. The van der Waals surface area contributed by atoms with Gasteiger partial charge in [-0.25, -0.2) is 14.4 Å². The van der Waals surface area contributed by atoms with Gasteiger partial charge in [0.05, 0.1) is 24.9 Å². The van der Waals surface area contributed by atoms with Crippen molar-refractivity contribution in [1.82, 2.24) is 19.8 Å². The van der Waals surface area contributed by atoms with Gasteiger partial charge in [0.2, 0.25) is 5.91 Å². The van der Waals surface area contributed by atoms with Crippen molar-refractivity contribution in [3.05, 3.63) is 83.9 Å². The number of carbonyl (C=O) groups is 2. The minimum atomic E-state index is -0.692. The van der Waals surface area contributed by atoms with E-state index >= 15 is 4.39 Å². The normalized spacial score (nSPS) is 16.6. The number of anilines is 2. The van der Waals surface area contributed by atoms with Gasteiger partial charge in [-0.3, -0.25) is 9.59 Å². The number of amides is 1. The summed E-state index contributed by atoms with van der Waals surface area (Å²) in [5, 5.41) is 3.74. The Kier molecular flexibility index (Phi) is 9.21. The van der Waals surface area contributed by atoms with Crippen molar-refractivity contribution in [1.29, 1.82) is 0 Å². The highest BCUT2D eigenvalue weighted by atomic mass is 19.1. The standard InChI is InChI=1S/C35H38FN5O4/c1-40-15-12-23(13-16-40)21-45-32-20-29-26(19-31(32)44-2)35(38-22-37-29)39-28-11-10-24(17-27(28)36)18-30(42)34(25-7-4-3-5-8-25)41-14-6-9-33(41)43/h3-5,7-8,10-11,17,19-20,22-23,34H,6,9,12-16,18,21H2,1-2H3,(H,37,38,39). The van der Waals surface area contributed by atoms with Crippen LogP contribution in [0.4, 0.5) is 15.9 Å². The topological polar surface area (TPSA) is 96.9 Å². The zero-order valence-electron chi connectivity index (χ0n) is 25.7. The largest absolute Gasteiger partial charge is 0.493 e. The number of methoxy groups -OCH3 is 1. The number of benzene rings is 3. The molecule has 6 rings (SSSR count). The van der Waals surface area contributed by atoms with Crippen molar-refractivity contribution in [2.75, 3.05) is 45.7 Å². The molecule has 4 aromatic rings. The lowest BCUT2D eigenvalue weighted by atomic mass is 9.96. The average Bonchev–Trinajstić information content (AvgIpc) is 3.47. The lowest BCUT2D eigenvalue weighted by Crippen LogP contribution is -2.35. The summed E-state index contributed by atoms with van der Waals surface area (Å²) >= 11 is 0. The van der Waals surface area contributed by atoms with E-state index in [-0.39, 0.29) is 23.8 Å². The lowest BCUT2D eigenvalue weighted by Gasteiger charge is -2.28. The van der Waals surface area contributed by atoms with Crippen molar-refractivity contribution in [2.45, 2.75) is 38.1 Å². The van der Waals surface area contributed by atoms with E-state index in [2.05, 4.69) is 27.2 Å². The van der Waals surface area contributed by atoms with E-state index in [0.717, 1.165) is 37.9 Å². The molecule has 10 heteroatoms. The number of carbonyl (C=O) groups excluding carboxylic acids is 2. The van der Waals surface area contributed by atoms with Crippen LogP contribution in [0.3, 0.4) is 0 Å². The number of ether oxygens (including phenoxy) is 2. The molecule has 45 heavy (non-hydrogen) atoms. The number of likely N-dealkylation sites (tertiary alicyclic amines) is 2. The highest BCUT2D eigenvalue weighted by molar-refractivity contribution is 5.94. The van der Waals surface area contributed by atoms with E-state index < -0.39 is 11.9 Å². The Morgan fingerprint density at radius 3 is 2.56 bits per heavy atom. The number of Topliss-reactive ketones (excluding diaryl/α,β-unsaturated/α-hetero) is 1. The van der Waals surface area contributed by atoms with E-state index in [9.17, 15) is 9.59 Å². The second-order valence-electron chi connectivity index (χ2n) is 11.9. The first-order valence-electron chi connectivity index (χ1n) is 15.5. The molecule has 2 saturated heterocycles. The van der Waals surface area contributed by atoms with Gasteiger partial charge in [-0.15, -0.1) is 0 Å². The number of nitrogens with zero attached hydrogens (tertiary/aromatic N) is 4. The molecule has 1 N–H and O–H groups in total. The van der Waals surface area contributed by atoms with Crippen molar-refractivity contribution in [3.8, 4) is 11.5 Å². The SMILES string of the molecule is COc1cc2c(Nc3ccc(CC(=O)C(c4ccccc4)N4CCCC4=O)cc3F)ncnc2cc1OCC1CCN(C)CC1. The van der Waals surface area contributed by atoms with Crippen LogP contribution < -0.4 is 14.8 Å². The number of hydrogen-bond acceptors (Lipinski definition) is 8. The van der Waals surface area contributed by atoms with Crippen molar-refractivity contribution in [3.63, 3.8) is 0 Å². The molecule has 0 spiro atoms. The lowest BCUT2D eigenvalue weighted by molar-refractivity contribution is -0.136. The van der Waals surface area contributed by atoms with E-state index in [1.54, 1.807) is 30.2 Å². The van der Waals surface area contributed by atoms with Gasteiger partial charge in [0.25, 0.3) is 0 Å². The molecule has 3 aromatic carbocycles. The van der Waals surface area contributed by atoms with Gasteiger partial charge in [0, 0.05) is 30.8 Å². The number of hydrogen-bond donors (Lipinski definition) is 1. The summed E-state index contributed by atoms with van der Waals surface area (Å²) in [6.45, 7) is 3.26. The van der Waals surface area contributed by atoms with Gasteiger partial charge in [0.1, 0.15) is 24.0 Å². The number of ketones is 1. The summed E-state index contributed by atoms with van der Waals surface area (Å²) in [5.41, 5.74) is 2.13. The minimum Gasteiger partial charge on any atom is -0.493 e. The van der Waals surface area contributed by atoms with Crippen molar-refractivity contribution < 1.29 is 23.5 Å². The fourth-order valence-corrected chi connectivity index (χ4v) is 6.18. The van der Waals surface area contributed by atoms with Crippen LogP contribution in [0.5, 0.6) is 11.5 Å². The second kappa shape index (κ2) is 13.6. The van der Waals surface area contributed by atoms with E-state index in [1.165, 1.54) is 12.4 Å². The van der Waals surface area contributed by atoms with Crippen LogP contribution in [0.15, 0.2) is 67.0 Å². The molecule has 1 atom stereocenters. The summed E-state index contributed by atoms with van der Waals surface area (Å²) in [4.78, 5) is 38.9. The first-order chi connectivity index (χ1) is 21.9. The van der Waals surface area contributed by atoms with Gasteiger partial charge < -0.3 is 24.6 Å². The maximum Gasteiger partial charge on any atom is 0.223 e. The smallest absolute Gasteiger partial charge is 0.223 e. The van der Waals surface area contributed by atoms with E-state index in [4.69, 9.17) is 9.47 Å². The molecule has 0 saturated carbocycles. The number of piperidine rings is 1. The first-order valence-corrected chi connectivity index (χ1v) is 15.5. The Morgan fingerprint density at radius 1 is 1.04 bits per heavy atom. The van der Waals surface area contributed by atoms with Crippen LogP contribution in [0.25, 0.3) is 10.9 Å². The van der Waals surface area contributed by atoms with Gasteiger partial charge in [0.15, 0.2) is 17.3 Å². The number of nitrogens with one attached hydrogen (secondary N) is 1. The Bertz CT molecular complexity index is 1680. The first kappa shape index (κ1) is 30.5. The highest BCUT2D eigenvalue weighted by Gasteiger charge is 2.33. The molecule has 9 nitrogen and oxygen atoms in total. The van der Waals surface area contributed by atoms with Crippen LogP contribution in [-0.4, -0.2) is 71.9 Å². The molecule has 0 radical (unpaired) electrons. The fraction of sp³-hybridized carbons (Fsp3) is 0.371. The number of aromatic nitrogens is 2. The van der Waals surface area contributed by atoms with Crippen molar-refractivity contribution in [2.24, 2.45) is 5.92 Å². The van der Waals surface area contributed by atoms with Crippen LogP contribution in [0.1, 0.15) is 42.9 Å². The fourth-order valence-electron chi connectivity index (χ4n) is 6.18. The molecule has 2 aliphatic rings. The predicted molar refractivity (Wildman–Crippen MR) is 170 cm³/mol. The quantitative estimate of drug-likeness (QED) is 0.230. The summed E-state index contributed by atoms with van der Waals surface area (Å²) < 4.78 is 27.3.